The number of hydrogen-bond acceptors (Lipinski definition) is 3. The van der Waals surface area contributed by atoms with Crippen molar-refractivity contribution in [1.82, 2.24) is 5.32 Å². The zero-order chi connectivity index (χ0) is 10.7. The topological polar surface area (TPSA) is 33.3 Å². The van der Waals surface area contributed by atoms with Gasteiger partial charge in [0.15, 0.2) is 0 Å². The molecule has 3 heteroatoms. The van der Waals surface area contributed by atoms with Crippen LogP contribution >= 0.6 is 0 Å². The summed E-state index contributed by atoms with van der Waals surface area (Å²) in [4.78, 5) is 0. The first-order valence-electron chi connectivity index (χ1n) is 5.44. The third-order valence-electron chi connectivity index (χ3n) is 2.68. The average Bonchev–Trinajstić information content (AvgIpc) is 2.25. The number of fused-ring (bicyclic) bond motifs is 1. The molecule has 1 atom stereocenters. The van der Waals surface area contributed by atoms with Crippen LogP contribution in [0.15, 0.2) is 18.2 Å². The van der Waals surface area contributed by atoms with E-state index in [0.717, 1.165) is 31.0 Å². The number of benzene rings is 1. The normalized spacial score (nSPS) is 18.9. The van der Waals surface area contributed by atoms with Gasteiger partial charge in [-0.3, -0.25) is 0 Å². The van der Waals surface area contributed by atoms with Gasteiger partial charge in [-0.25, -0.2) is 0 Å². The molecular formula is C12H18N2O. The molecule has 0 amide bonds. The first kappa shape index (κ1) is 10.3. The Morgan fingerprint density at radius 1 is 1.53 bits per heavy atom. The molecule has 1 aliphatic heterocycles. The van der Waals surface area contributed by atoms with Gasteiger partial charge in [-0.15, -0.1) is 0 Å². The number of nitrogens with one attached hydrogen (secondary N) is 2. The molecule has 1 aliphatic rings. The molecule has 1 heterocycles. The summed E-state index contributed by atoms with van der Waals surface area (Å²) in [5.74, 6) is 0.973. The van der Waals surface area contributed by atoms with E-state index in [1.807, 2.05) is 13.1 Å². The van der Waals surface area contributed by atoms with Crippen molar-refractivity contribution in [2.45, 2.75) is 19.4 Å². The molecule has 0 fully saturated rings. The van der Waals surface area contributed by atoms with E-state index >= 15 is 0 Å². The van der Waals surface area contributed by atoms with E-state index in [1.165, 1.54) is 5.56 Å². The number of anilines is 1. The Labute approximate surface area is 90.8 Å². The molecule has 0 aliphatic carbocycles. The Morgan fingerprint density at radius 3 is 3.20 bits per heavy atom. The van der Waals surface area contributed by atoms with Crippen molar-refractivity contribution in [3.05, 3.63) is 23.8 Å². The number of ether oxygens (including phenoxy) is 1. The van der Waals surface area contributed by atoms with E-state index in [2.05, 4.69) is 29.7 Å². The summed E-state index contributed by atoms with van der Waals surface area (Å²) in [7, 11) is 1.97. The fourth-order valence-electron chi connectivity index (χ4n) is 1.81. The van der Waals surface area contributed by atoms with Gasteiger partial charge in [0.05, 0.1) is 11.7 Å². The van der Waals surface area contributed by atoms with Crippen LogP contribution in [0.4, 0.5) is 5.69 Å². The molecule has 1 aromatic carbocycles. The smallest absolute Gasteiger partial charge is 0.142 e. The summed E-state index contributed by atoms with van der Waals surface area (Å²) in [5, 5.41) is 6.66. The fraction of sp³-hybridized carbons (Fsp3) is 0.500. The fourth-order valence-corrected chi connectivity index (χ4v) is 1.81. The minimum Gasteiger partial charge on any atom is -0.489 e. The quantitative estimate of drug-likeness (QED) is 0.791. The van der Waals surface area contributed by atoms with Crippen molar-refractivity contribution < 1.29 is 4.74 Å². The monoisotopic (exact) mass is 206 g/mol. The summed E-state index contributed by atoms with van der Waals surface area (Å²) in [6, 6.07) is 6.67. The van der Waals surface area contributed by atoms with Crippen molar-refractivity contribution in [2.24, 2.45) is 0 Å². The standard InChI is InChI=1S/C12H18N2O/c1-9-3-4-12-11(7-9)14-10(8-15-12)5-6-13-2/h3-4,7,10,13-14H,5-6,8H2,1-2H3. The van der Waals surface area contributed by atoms with E-state index in [9.17, 15) is 0 Å². The summed E-state index contributed by atoms with van der Waals surface area (Å²) in [5.41, 5.74) is 2.39. The Bertz CT molecular complexity index is 338. The Balaban J connectivity index is 2.05. The van der Waals surface area contributed by atoms with E-state index < -0.39 is 0 Å². The largest absolute Gasteiger partial charge is 0.489 e. The zero-order valence-electron chi connectivity index (χ0n) is 9.34. The van der Waals surface area contributed by atoms with Gasteiger partial charge >= 0.3 is 0 Å². The van der Waals surface area contributed by atoms with Crippen LogP contribution in [-0.2, 0) is 0 Å². The maximum absolute atomic E-state index is 5.70. The van der Waals surface area contributed by atoms with Crippen molar-refractivity contribution in [3.8, 4) is 5.75 Å². The Hall–Kier alpha value is -1.22. The minimum absolute atomic E-state index is 0.423. The summed E-state index contributed by atoms with van der Waals surface area (Å²) in [6.45, 7) is 3.87. The van der Waals surface area contributed by atoms with Crippen LogP contribution in [0.5, 0.6) is 5.75 Å². The van der Waals surface area contributed by atoms with Crippen LogP contribution in [0.1, 0.15) is 12.0 Å². The lowest BCUT2D eigenvalue weighted by Gasteiger charge is -2.27. The van der Waals surface area contributed by atoms with Gasteiger partial charge in [-0.2, -0.15) is 0 Å². The van der Waals surface area contributed by atoms with Gasteiger partial charge in [0.25, 0.3) is 0 Å². The lowest BCUT2D eigenvalue weighted by atomic mass is 10.1. The highest BCUT2D eigenvalue weighted by Gasteiger charge is 2.17. The summed E-state index contributed by atoms with van der Waals surface area (Å²) in [6.07, 6.45) is 1.09. The SMILES string of the molecule is CNCCC1COc2ccc(C)cc2N1. The molecule has 0 spiro atoms. The maximum Gasteiger partial charge on any atom is 0.142 e. The van der Waals surface area contributed by atoms with Crippen molar-refractivity contribution in [1.29, 1.82) is 0 Å². The summed E-state index contributed by atoms with van der Waals surface area (Å²) >= 11 is 0. The van der Waals surface area contributed by atoms with Gasteiger partial charge in [0.2, 0.25) is 0 Å². The van der Waals surface area contributed by atoms with Crippen LogP contribution in [0.2, 0.25) is 0 Å². The lowest BCUT2D eigenvalue weighted by Crippen LogP contribution is -2.33. The molecule has 1 unspecified atom stereocenters. The van der Waals surface area contributed by atoms with Crippen LogP contribution in [0, 0.1) is 6.92 Å². The molecule has 2 N–H and O–H groups in total. The third-order valence-corrected chi connectivity index (χ3v) is 2.68. The van der Waals surface area contributed by atoms with Crippen LogP contribution in [0.25, 0.3) is 0 Å². The minimum atomic E-state index is 0.423. The molecule has 1 aromatic rings. The van der Waals surface area contributed by atoms with Gasteiger partial charge in [-0.05, 0) is 44.6 Å². The highest BCUT2D eigenvalue weighted by Crippen LogP contribution is 2.30. The number of rotatable bonds is 3. The second-order valence-corrected chi connectivity index (χ2v) is 4.04. The number of aryl methyl sites for hydroxylation is 1. The van der Waals surface area contributed by atoms with Crippen LogP contribution < -0.4 is 15.4 Å². The molecule has 82 valence electrons. The predicted molar refractivity (Wildman–Crippen MR) is 62.6 cm³/mol. The first-order chi connectivity index (χ1) is 7.29. The third kappa shape index (κ3) is 2.42. The van der Waals surface area contributed by atoms with Crippen molar-refractivity contribution in [2.75, 3.05) is 25.5 Å². The van der Waals surface area contributed by atoms with Gasteiger partial charge in [0, 0.05) is 0 Å². The average molecular weight is 206 g/mol. The molecule has 0 saturated carbocycles. The molecule has 0 radical (unpaired) electrons. The van der Waals surface area contributed by atoms with E-state index in [4.69, 9.17) is 4.74 Å². The van der Waals surface area contributed by atoms with Crippen molar-refractivity contribution in [3.63, 3.8) is 0 Å². The Morgan fingerprint density at radius 2 is 2.40 bits per heavy atom. The van der Waals surface area contributed by atoms with E-state index in [-0.39, 0.29) is 0 Å². The van der Waals surface area contributed by atoms with E-state index in [1.54, 1.807) is 0 Å². The first-order valence-corrected chi connectivity index (χ1v) is 5.44. The van der Waals surface area contributed by atoms with Gasteiger partial charge in [-0.1, -0.05) is 6.07 Å². The van der Waals surface area contributed by atoms with Crippen LogP contribution in [-0.4, -0.2) is 26.2 Å². The molecule has 0 aromatic heterocycles. The maximum atomic E-state index is 5.70. The molecule has 0 saturated heterocycles. The van der Waals surface area contributed by atoms with Gasteiger partial charge in [0.1, 0.15) is 12.4 Å². The predicted octanol–water partition coefficient (Wildman–Crippen LogP) is 1.78. The highest BCUT2D eigenvalue weighted by molar-refractivity contribution is 5.59. The van der Waals surface area contributed by atoms with E-state index in [0.29, 0.717) is 6.04 Å². The van der Waals surface area contributed by atoms with Gasteiger partial charge < -0.3 is 15.4 Å². The molecule has 0 bridgehead atoms. The Kier molecular flexibility index (Phi) is 3.11. The zero-order valence-corrected chi connectivity index (χ0v) is 9.34. The summed E-state index contributed by atoms with van der Waals surface area (Å²) < 4.78 is 5.70. The molecule has 3 nitrogen and oxygen atoms in total. The molecular weight excluding hydrogens is 188 g/mol. The molecule has 15 heavy (non-hydrogen) atoms. The number of hydrogen-bond donors (Lipinski definition) is 2. The second kappa shape index (κ2) is 4.53. The van der Waals surface area contributed by atoms with Crippen LogP contribution in [0.3, 0.4) is 0 Å². The molecule has 2 rings (SSSR count). The highest BCUT2D eigenvalue weighted by atomic mass is 16.5. The second-order valence-electron chi connectivity index (χ2n) is 4.04. The lowest BCUT2D eigenvalue weighted by molar-refractivity contribution is 0.278. The van der Waals surface area contributed by atoms with Crippen molar-refractivity contribution >= 4 is 5.69 Å².